The number of fused-ring (bicyclic) bond motifs is 2. The maximum absolute atomic E-state index is 10.8. The lowest BCUT2D eigenvalue weighted by atomic mass is 9.88. The van der Waals surface area contributed by atoms with Crippen LogP contribution in [0.3, 0.4) is 0 Å². The minimum atomic E-state index is -0.544. The van der Waals surface area contributed by atoms with Gasteiger partial charge in [0.1, 0.15) is 0 Å². The average molecular weight is 474 g/mol. The Balaban J connectivity index is 1.33. The number of hydrogen-bond acceptors (Lipinski definition) is 4. The molecule has 2 aliphatic rings. The predicted octanol–water partition coefficient (Wildman–Crippen LogP) is 4.66. The SMILES string of the molecule is N[C@@H](Cc1ccccc1)[C@H](O)CN1CCC(=C2c3ccc(Cl)cc3CCc3cccnc32)CC1. The van der Waals surface area contributed by atoms with Crippen molar-refractivity contribution in [2.24, 2.45) is 5.73 Å². The third-order valence-electron chi connectivity index (χ3n) is 7.20. The van der Waals surface area contributed by atoms with Gasteiger partial charge in [-0.25, -0.2) is 0 Å². The number of aryl methyl sites for hydroxylation is 2. The largest absolute Gasteiger partial charge is 0.390 e. The Kier molecular flexibility index (Phi) is 7.12. The quantitative estimate of drug-likeness (QED) is 0.565. The van der Waals surface area contributed by atoms with E-state index in [1.54, 1.807) is 0 Å². The van der Waals surface area contributed by atoms with Gasteiger partial charge in [-0.1, -0.05) is 59.6 Å². The molecule has 0 saturated carbocycles. The predicted molar refractivity (Wildman–Crippen MR) is 139 cm³/mol. The first kappa shape index (κ1) is 23.3. The molecule has 0 unspecified atom stereocenters. The van der Waals surface area contributed by atoms with Crippen molar-refractivity contribution in [2.45, 2.75) is 44.2 Å². The highest BCUT2D eigenvalue weighted by Crippen LogP contribution is 2.38. The Morgan fingerprint density at radius 3 is 2.50 bits per heavy atom. The van der Waals surface area contributed by atoms with E-state index in [1.807, 2.05) is 36.5 Å². The highest BCUT2D eigenvalue weighted by Gasteiger charge is 2.26. The molecule has 1 saturated heterocycles. The summed E-state index contributed by atoms with van der Waals surface area (Å²) in [6.07, 6.45) is 5.93. The van der Waals surface area contributed by atoms with E-state index in [0.717, 1.165) is 55.1 Å². The van der Waals surface area contributed by atoms with Gasteiger partial charge in [-0.15, -0.1) is 0 Å². The number of aliphatic hydroxyl groups excluding tert-OH is 1. The molecule has 0 radical (unpaired) electrons. The Morgan fingerprint density at radius 2 is 1.71 bits per heavy atom. The van der Waals surface area contributed by atoms with Crippen LogP contribution >= 0.6 is 11.6 Å². The van der Waals surface area contributed by atoms with Crippen LogP contribution in [0.2, 0.25) is 5.02 Å². The molecule has 1 fully saturated rings. The summed E-state index contributed by atoms with van der Waals surface area (Å²) in [7, 11) is 0. The topological polar surface area (TPSA) is 62.4 Å². The standard InChI is InChI=1S/C29H32ClN3O/c30-24-10-11-25-23(18-24)9-8-22-7-4-14-32-29(22)28(25)21-12-15-33(16-13-21)19-27(34)26(31)17-20-5-2-1-3-6-20/h1-7,10-11,14,18,26-27,34H,8-9,12-13,15-17,19,31H2/t26-,27+/m0/s1. The number of β-amino-alcohol motifs (C(OH)–C–C–N with tert-alkyl or cyclic N) is 1. The molecule has 0 bridgehead atoms. The molecular weight excluding hydrogens is 442 g/mol. The monoisotopic (exact) mass is 473 g/mol. The summed E-state index contributed by atoms with van der Waals surface area (Å²) in [6.45, 7) is 2.44. The number of rotatable bonds is 5. The minimum Gasteiger partial charge on any atom is -0.390 e. The lowest BCUT2D eigenvalue weighted by Crippen LogP contribution is -2.46. The lowest BCUT2D eigenvalue weighted by Gasteiger charge is -2.33. The summed E-state index contributed by atoms with van der Waals surface area (Å²) in [5.74, 6) is 0. The summed E-state index contributed by atoms with van der Waals surface area (Å²) < 4.78 is 0. The molecule has 2 atom stereocenters. The van der Waals surface area contributed by atoms with Crippen LogP contribution in [0, 0.1) is 0 Å². The molecule has 1 aliphatic carbocycles. The van der Waals surface area contributed by atoms with Gasteiger partial charge in [0.2, 0.25) is 0 Å². The van der Waals surface area contributed by atoms with Crippen LogP contribution in [0.1, 0.15) is 40.8 Å². The van der Waals surface area contributed by atoms with Crippen molar-refractivity contribution in [3.63, 3.8) is 0 Å². The third kappa shape index (κ3) is 5.11. The van der Waals surface area contributed by atoms with E-state index in [2.05, 4.69) is 35.2 Å². The number of nitrogens with zero attached hydrogens (tertiary/aromatic N) is 2. The summed E-state index contributed by atoms with van der Waals surface area (Å²) in [5.41, 5.74) is 15.3. The van der Waals surface area contributed by atoms with Gasteiger partial charge in [0, 0.05) is 42.5 Å². The van der Waals surface area contributed by atoms with E-state index in [1.165, 1.54) is 27.8 Å². The molecule has 3 aromatic rings. The van der Waals surface area contributed by atoms with Gasteiger partial charge in [-0.05, 0) is 72.6 Å². The molecule has 34 heavy (non-hydrogen) atoms. The molecule has 5 rings (SSSR count). The molecule has 4 nitrogen and oxygen atoms in total. The van der Waals surface area contributed by atoms with Crippen LogP contribution in [0.15, 0.2) is 72.4 Å². The fraction of sp³-hybridized carbons (Fsp3) is 0.345. The summed E-state index contributed by atoms with van der Waals surface area (Å²) in [6, 6.07) is 20.4. The molecule has 1 aromatic heterocycles. The fourth-order valence-corrected chi connectivity index (χ4v) is 5.51. The van der Waals surface area contributed by atoms with Crippen LogP contribution in [-0.4, -0.2) is 46.8 Å². The van der Waals surface area contributed by atoms with Gasteiger partial charge in [-0.2, -0.15) is 0 Å². The van der Waals surface area contributed by atoms with Crippen molar-refractivity contribution >= 4 is 17.2 Å². The van der Waals surface area contributed by atoms with Gasteiger partial charge in [0.15, 0.2) is 0 Å². The van der Waals surface area contributed by atoms with Gasteiger partial charge < -0.3 is 15.7 Å². The Labute approximate surface area is 207 Å². The number of aliphatic hydroxyl groups is 1. The highest BCUT2D eigenvalue weighted by atomic mass is 35.5. The summed E-state index contributed by atoms with van der Waals surface area (Å²) in [5, 5.41) is 11.6. The number of piperidine rings is 1. The van der Waals surface area contributed by atoms with Crippen molar-refractivity contribution in [3.8, 4) is 0 Å². The first-order chi connectivity index (χ1) is 16.6. The molecule has 1 aliphatic heterocycles. The van der Waals surface area contributed by atoms with Crippen molar-refractivity contribution < 1.29 is 5.11 Å². The number of pyridine rings is 1. The van der Waals surface area contributed by atoms with Crippen molar-refractivity contribution in [1.29, 1.82) is 0 Å². The number of aromatic nitrogens is 1. The zero-order valence-corrected chi connectivity index (χ0v) is 20.2. The molecule has 176 valence electrons. The summed E-state index contributed by atoms with van der Waals surface area (Å²) in [4.78, 5) is 7.17. The average Bonchev–Trinajstić information content (AvgIpc) is 3.02. The van der Waals surface area contributed by atoms with E-state index >= 15 is 0 Å². The molecule has 2 heterocycles. The molecule has 2 aromatic carbocycles. The second-order valence-corrected chi connectivity index (χ2v) is 9.95. The second kappa shape index (κ2) is 10.4. The molecule has 3 N–H and O–H groups in total. The van der Waals surface area contributed by atoms with Gasteiger partial charge >= 0.3 is 0 Å². The second-order valence-electron chi connectivity index (χ2n) is 9.51. The maximum atomic E-state index is 10.8. The van der Waals surface area contributed by atoms with E-state index in [-0.39, 0.29) is 6.04 Å². The van der Waals surface area contributed by atoms with Crippen LogP contribution in [0.5, 0.6) is 0 Å². The van der Waals surface area contributed by atoms with E-state index in [4.69, 9.17) is 22.3 Å². The highest BCUT2D eigenvalue weighted by molar-refractivity contribution is 6.30. The van der Waals surface area contributed by atoms with E-state index < -0.39 is 6.10 Å². The van der Waals surface area contributed by atoms with Crippen molar-refractivity contribution in [3.05, 3.63) is 105 Å². The first-order valence-corrected chi connectivity index (χ1v) is 12.6. The zero-order valence-electron chi connectivity index (χ0n) is 19.5. The van der Waals surface area contributed by atoms with Crippen LogP contribution in [-0.2, 0) is 19.3 Å². The molecule has 0 amide bonds. The van der Waals surface area contributed by atoms with E-state index in [9.17, 15) is 5.11 Å². The van der Waals surface area contributed by atoms with Gasteiger partial charge in [0.25, 0.3) is 0 Å². The fourth-order valence-electron chi connectivity index (χ4n) is 5.31. The van der Waals surface area contributed by atoms with Crippen LogP contribution in [0.25, 0.3) is 5.57 Å². The normalized spacial score (nSPS) is 18.1. The van der Waals surface area contributed by atoms with Crippen molar-refractivity contribution in [1.82, 2.24) is 9.88 Å². The molecule has 5 heteroatoms. The van der Waals surface area contributed by atoms with E-state index in [0.29, 0.717) is 13.0 Å². The lowest BCUT2D eigenvalue weighted by molar-refractivity contribution is 0.0872. The summed E-state index contributed by atoms with van der Waals surface area (Å²) >= 11 is 6.35. The third-order valence-corrected chi connectivity index (χ3v) is 7.43. The number of benzene rings is 2. The molecular formula is C29H32ClN3O. The first-order valence-electron chi connectivity index (χ1n) is 12.2. The maximum Gasteiger partial charge on any atom is 0.0820 e. The Bertz CT molecular complexity index is 1170. The van der Waals surface area contributed by atoms with Gasteiger partial charge in [0.05, 0.1) is 11.8 Å². The number of nitrogens with two attached hydrogens (primary N) is 1. The van der Waals surface area contributed by atoms with Gasteiger partial charge in [-0.3, -0.25) is 4.98 Å². The minimum absolute atomic E-state index is 0.267. The Morgan fingerprint density at radius 1 is 0.941 bits per heavy atom. The van der Waals surface area contributed by atoms with Crippen LogP contribution < -0.4 is 5.73 Å². The van der Waals surface area contributed by atoms with Crippen LogP contribution in [0.4, 0.5) is 0 Å². The molecule has 0 spiro atoms. The number of likely N-dealkylation sites (tertiary alicyclic amines) is 1. The smallest absolute Gasteiger partial charge is 0.0820 e. The Hall–Kier alpha value is -2.50. The number of hydrogen-bond donors (Lipinski definition) is 2. The zero-order chi connectivity index (χ0) is 23.5. The van der Waals surface area contributed by atoms with Crippen molar-refractivity contribution in [2.75, 3.05) is 19.6 Å². The number of halogens is 1.